The SMILES string of the molecule is NC1CCN(C(=O)CSc2ccc3ccccc3c2)CC1. The van der Waals surface area contributed by atoms with Crippen molar-refractivity contribution in [2.75, 3.05) is 18.8 Å². The van der Waals surface area contributed by atoms with Crippen LogP contribution in [-0.4, -0.2) is 35.7 Å². The number of hydrogen-bond acceptors (Lipinski definition) is 3. The Balaban J connectivity index is 1.59. The summed E-state index contributed by atoms with van der Waals surface area (Å²) in [6.07, 6.45) is 1.85. The van der Waals surface area contributed by atoms with Crippen molar-refractivity contribution in [2.24, 2.45) is 5.73 Å². The number of piperidine rings is 1. The Labute approximate surface area is 129 Å². The van der Waals surface area contributed by atoms with E-state index in [2.05, 4.69) is 30.3 Å². The summed E-state index contributed by atoms with van der Waals surface area (Å²) < 4.78 is 0. The Morgan fingerprint density at radius 3 is 2.62 bits per heavy atom. The highest BCUT2D eigenvalue weighted by molar-refractivity contribution is 8.00. The van der Waals surface area contributed by atoms with Gasteiger partial charge in [-0.1, -0.05) is 30.3 Å². The molecule has 2 aromatic carbocycles. The Bertz CT molecular complexity index is 635. The zero-order valence-electron chi connectivity index (χ0n) is 12.0. The van der Waals surface area contributed by atoms with Crippen LogP contribution in [0.3, 0.4) is 0 Å². The van der Waals surface area contributed by atoms with E-state index in [1.54, 1.807) is 11.8 Å². The number of fused-ring (bicyclic) bond motifs is 1. The molecule has 0 unspecified atom stereocenters. The van der Waals surface area contributed by atoms with E-state index in [0.29, 0.717) is 5.75 Å². The predicted octanol–water partition coefficient (Wildman–Crippen LogP) is 2.88. The average Bonchev–Trinajstić information content (AvgIpc) is 2.53. The maximum atomic E-state index is 12.2. The number of amides is 1. The minimum atomic E-state index is 0.222. The number of nitrogens with zero attached hydrogens (tertiary/aromatic N) is 1. The van der Waals surface area contributed by atoms with Crippen LogP contribution < -0.4 is 5.73 Å². The van der Waals surface area contributed by atoms with Crippen LogP contribution in [0.1, 0.15) is 12.8 Å². The maximum absolute atomic E-state index is 12.2. The van der Waals surface area contributed by atoms with Gasteiger partial charge in [0, 0.05) is 24.0 Å². The van der Waals surface area contributed by atoms with Crippen LogP contribution in [0.25, 0.3) is 10.8 Å². The van der Waals surface area contributed by atoms with Gasteiger partial charge in [0.1, 0.15) is 0 Å². The van der Waals surface area contributed by atoms with E-state index in [1.165, 1.54) is 10.8 Å². The molecular weight excluding hydrogens is 280 g/mol. The summed E-state index contributed by atoms with van der Waals surface area (Å²) in [6, 6.07) is 14.9. The molecule has 2 N–H and O–H groups in total. The Hall–Kier alpha value is -1.52. The van der Waals surface area contributed by atoms with Gasteiger partial charge in [-0.25, -0.2) is 0 Å². The fourth-order valence-electron chi connectivity index (χ4n) is 2.64. The molecule has 3 rings (SSSR count). The molecule has 1 fully saturated rings. The number of hydrogen-bond donors (Lipinski definition) is 1. The summed E-state index contributed by atoms with van der Waals surface area (Å²) in [7, 11) is 0. The molecule has 1 aliphatic rings. The second-order valence-corrected chi connectivity index (χ2v) is 6.56. The number of likely N-dealkylation sites (tertiary alicyclic amines) is 1. The lowest BCUT2D eigenvalue weighted by Gasteiger charge is -2.30. The van der Waals surface area contributed by atoms with Gasteiger partial charge in [0.2, 0.25) is 5.91 Å². The van der Waals surface area contributed by atoms with Gasteiger partial charge < -0.3 is 10.6 Å². The lowest BCUT2D eigenvalue weighted by Crippen LogP contribution is -2.43. The minimum Gasteiger partial charge on any atom is -0.342 e. The van der Waals surface area contributed by atoms with Gasteiger partial charge in [0.15, 0.2) is 0 Å². The van der Waals surface area contributed by atoms with E-state index < -0.39 is 0 Å². The molecule has 1 aliphatic heterocycles. The highest BCUT2D eigenvalue weighted by atomic mass is 32.2. The predicted molar refractivity (Wildman–Crippen MR) is 88.5 cm³/mol. The van der Waals surface area contributed by atoms with Crippen molar-refractivity contribution in [1.29, 1.82) is 0 Å². The zero-order valence-corrected chi connectivity index (χ0v) is 12.8. The summed E-state index contributed by atoms with van der Waals surface area (Å²) in [4.78, 5) is 15.3. The standard InChI is InChI=1S/C17H20N2OS/c18-15-7-9-19(10-8-15)17(20)12-21-16-6-5-13-3-1-2-4-14(13)11-16/h1-6,11,15H,7-10,12,18H2. The maximum Gasteiger partial charge on any atom is 0.232 e. The normalized spacial score (nSPS) is 16.3. The van der Waals surface area contributed by atoms with Gasteiger partial charge in [0.05, 0.1) is 5.75 Å². The Morgan fingerprint density at radius 2 is 1.86 bits per heavy atom. The number of benzene rings is 2. The number of nitrogens with two attached hydrogens (primary N) is 1. The average molecular weight is 300 g/mol. The fourth-order valence-corrected chi connectivity index (χ4v) is 3.49. The lowest BCUT2D eigenvalue weighted by atomic mass is 10.1. The van der Waals surface area contributed by atoms with Crippen LogP contribution >= 0.6 is 11.8 Å². The second kappa shape index (κ2) is 6.50. The molecule has 110 valence electrons. The molecule has 0 radical (unpaired) electrons. The smallest absolute Gasteiger partial charge is 0.232 e. The lowest BCUT2D eigenvalue weighted by molar-refractivity contribution is -0.129. The molecule has 1 saturated heterocycles. The van der Waals surface area contributed by atoms with Gasteiger partial charge in [-0.15, -0.1) is 11.8 Å². The van der Waals surface area contributed by atoms with E-state index in [4.69, 9.17) is 5.73 Å². The third kappa shape index (κ3) is 3.57. The van der Waals surface area contributed by atoms with Gasteiger partial charge in [0.25, 0.3) is 0 Å². The monoisotopic (exact) mass is 300 g/mol. The van der Waals surface area contributed by atoms with Crippen molar-refractivity contribution in [2.45, 2.75) is 23.8 Å². The quantitative estimate of drug-likeness (QED) is 0.887. The summed E-state index contributed by atoms with van der Waals surface area (Å²) in [5.41, 5.74) is 5.87. The topological polar surface area (TPSA) is 46.3 Å². The Morgan fingerprint density at radius 1 is 1.14 bits per heavy atom. The molecule has 0 saturated carbocycles. The molecule has 4 heteroatoms. The largest absolute Gasteiger partial charge is 0.342 e. The van der Waals surface area contributed by atoms with Crippen molar-refractivity contribution >= 4 is 28.4 Å². The molecule has 0 bridgehead atoms. The molecule has 0 aromatic heterocycles. The van der Waals surface area contributed by atoms with Gasteiger partial charge in [-0.05, 0) is 35.7 Å². The number of rotatable bonds is 3. The summed E-state index contributed by atoms with van der Waals surface area (Å²) in [6.45, 7) is 1.61. The molecule has 0 aliphatic carbocycles. The van der Waals surface area contributed by atoms with Crippen LogP contribution in [0.2, 0.25) is 0 Å². The van der Waals surface area contributed by atoms with Crippen LogP contribution in [0.4, 0.5) is 0 Å². The third-order valence-electron chi connectivity index (χ3n) is 3.98. The molecule has 2 aromatic rings. The minimum absolute atomic E-state index is 0.222. The molecule has 1 heterocycles. The Kier molecular flexibility index (Phi) is 4.46. The van der Waals surface area contributed by atoms with E-state index in [9.17, 15) is 4.79 Å². The first kappa shape index (κ1) is 14.4. The van der Waals surface area contributed by atoms with Crippen LogP contribution in [0.15, 0.2) is 47.4 Å². The number of thioether (sulfide) groups is 1. The van der Waals surface area contributed by atoms with Crippen LogP contribution in [0.5, 0.6) is 0 Å². The van der Waals surface area contributed by atoms with Gasteiger partial charge in [-0.2, -0.15) is 0 Å². The van der Waals surface area contributed by atoms with E-state index >= 15 is 0 Å². The first-order chi connectivity index (χ1) is 10.2. The van der Waals surface area contributed by atoms with Crippen LogP contribution in [-0.2, 0) is 4.79 Å². The fraction of sp³-hybridized carbons (Fsp3) is 0.353. The summed E-state index contributed by atoms with van der Waals surface area (Å²) >= 11 is 1.62. The summed E-state index contributed by atoms with van der Waals surface area (Å²) in [5, 5.41) is 2.46. The molecule has 0 spiro atoms. The van der Waals surface area contributed by atoms with Crippen molar-refractivity contribution in [3.05, 3.63) is 42.5 Å². The highest BCUT2D eigenvalue weighted by Gasteiger charge is 2.20. The molecule has 0 atom stereocenters. The van der Waals surface area contributed by atoms with Crippen molar-refractivity contribution in [3.8, 4) is 0 Å². The molecule has 1 amide bonds. The second-order valence-electron chi connectivity index (χ2n) is 5.52. The van der Waals surface area contributed by atoms with Crippen molar-refractivity contribution < 1.29 is 4.79 Å². The van der Waals surface area contributed by atoms with Gasteiger partial charge in [-0.3, -0.25) is 4.79 Å². The first-order valence-corrected chi connectivity index (χ1v) is 8.36. The van der Waals surface area contributed by atoms with E-state index in [-0.39, 0.29) is 11.9 Å². The van der Waals surface area contributed by atoms with E-state index in [1.807, 2.05) is 17.0 Å². The van der Waals surface area contributed by atoms with Gasteiger partial charge >= 0.3 is 0 Å². The highest BCUT2D eigenvalue weighted by Crippen LogP contribution is 2.24. The van der Waals surface area contributed by atoms with E-state index in [0.717, 1.165) is 30.8 Å². The first-order valence-electron chi connectivity index (χ1n) is 7.37. The molecule has 21 heavy (non-hydrogen) atoms. The number of carbonyl (C=O) groups excluding carboxylic acids is 1. The zero-order chi connectivity index (χ0) is 14.7. The third-order valence-corrected chi connectivity index (χ3v) is 4.95. The summed E-state index contributed by atoms with van der Waals surface area (Å²) in [5.74, 6) is 0.730. The van der Waals surface area contributed by atoms with Crippen LogP contribution in [0, 0.1) is 0 Å². The van der Waals surface area contributed by atoms with Crippen molar-refractivity contribution in [3.63, 3.8) is 0 Å². The van der Waals surface area contributed by atoms with Crippen molar-refractivity contribution in [1.82, 2.24) is 4.90 Å². The molecule has 3 nitrogen and oxygen atoms in total. The number of carbonyl (C=O) groups is 1. The molecular formula is C17H20N2OS.